The van der Waals surface area contributed by atoms with Crippen molar-refractivity contribution in [3.8, 4) is 6.07 Å². The number of hydrogen-bond acceptors (Lipinski definition) is 2. The Morgan fingerprint density at radius 1 is 1.73 bits per heavy atom. The predicted octanol–water partition coefficient (Wildman–Crippen LogP) is 1.60. The molecule has 4 heteroatoms. The third-order valence-electron chi connectivity index (χ3n) is 1.71. The van der Waals surface area contributed by atoms with Gasteiger partial charge in [-0.25, -0.2) is 0 Å². The van der Waals surface area contributed by atoms with Gasteiger partial charge in [-0.05, 0) is 6.92 Å². The van der Waals surface area contributed by atoms with Crippen LogP contribution in [-0.2, 0) is 0 Å². The normalized spacial score (nSPS) is 31.8. The Balaban J connectivity index is 2.91. The van der Waals surface area contributed by atoms with E-state index in [-0.39, 0.29) is 11.4 Å². The second-order valence-electron chi connectivity index (χ2n) is 2.50. The van der Waals surface area contributed by atoms with Gasteiger partial charge >= 0.3 is 0 Å². The summed E-state index contributed by atoms with van der Waals surface area (Å²) in [5, 5.41) is 12.0. The molecule has 0 aromatic rings. The van der Waals surface area contributed by atoms with Crippen molar-refractivity contribution in [2.75, 3.05) is 6.54 Å². The molecule has 0 aliphatic carbocycles. The SMILES string of the molecule is CC1NCC(Cl)=C(C#N)C1Cl. The molecule has 0 radical (unpaired) electrons. The van der Waals surface area contributed by atoms with Crippen LogP contribution in [0.3, 0.4) is 0 Å². The number of alkyl halides is 1. The van der Waals surface area contributed by atoms with Crippen molar-refractivity contribution in [1.82, 2.24) is 5.32 Å². The van der Waals surface area contributed by atoms with Crippen molar-refractivity contribution in [3.63, 3.8) is 0 Å². The zero-order valence-corrected chi connectivity index (χ0v) is 7.58. The number of nitriles is 1. The second kappa shape index (κ2) is 3.44. The lowest BCUT2D eigenvalue weighted by molar-refractivity contribution is 0.561. The molecule has 1 heterocycles. The van der Waals surface area contributed by atoms with Gasteiger partial charge in [-0.3, -0.25) is 0 Å². The fourth-order valence-corrected chi connectivity index (χ4v) is 1.53. The minimum atomic E-state index is -0.291. The fourth-order valence-electron chi connectivity index (χ4n) is 0.971. The molecule has 2 unspecified atom stereocenters. The van der Waals surface area contributed by atoms with Crippen molar-refractivity contribution >= 4 is 23.2 Å². The van der Waals surface area contributed by atoms with E-state index in [2.05, 4.69) is 5.32 Å². The van der Waals surface area contributed by atoms with Crippen molar-refractivity contribution in [1.29, 1.82) is 5.26 Å². The van der Waals surface area contributed by atoms with Crippen molar-refractivity contribution < 1.29 is 0 Å². The maximum absolute atomic E-state index is 8.65. The Kier molecular flexibility index (Phi) is 2.78. The first-order valence-electron chi connectivity index (χ1n) is 3.33. The summed E-state index contributed by atoms with van der Waals surface area (Å²) in [4.78, 5) is 0. The third-order valence-corrected chi connectivity index (χ3v) is 2.64. The highest BCUT2D eigenvalue weighted by Gasteiger charge is 2.25. The fraction of sp³-hybridized carbons (Fsp3) is 0.571. The molecule has 60 valence electrons. The topological polar surface area (TPSA) is 35.8 Å². The highest BCUT2D eigenvalue weighted by atomic mass is 35.5. The summed E-state index contributed by atoms with van der Waals surface area (Å²) in [6.07, 6.45) is 0. The first kappa shape index (κ1) is 8.86. The van der Waals surface area contributed by atoms with Gasteiger partial charge in [0.15, 0.2) is 0 Å². The molecule has 0 aromatic heterocycles. The summed E-state index contributed by atoms with van der Waals surface area (Å²) in [6, 6.07) is 2.13. The molecule has 0 saturated heterocycles. The molecule has 0 bridgehead atoms. The molecular weight excluding hydrogens is 183 g/mol. The lowest BCUT2D eigenvalue weighted by Crippen LogP contribution is -2.40. The van der Waals surface area contributed by atoms with Crippen molar-refractivity contribution in [3.05, 3.63) is 10.6 Å². The van der Waals surface area contributed by atoms with Crippen LogP contribution in [0.1, 0.15) is 6.92 Å². The zero-order valence-electron chi connectivity index (χ0n) is 6.06. The van der Waals surface area contributed by atoms with Gasteiger partial charge in [0.2, 0.25) is 0 Å². The van der Waals surface area contributed by atoms with Crippen molar-refractivity contribution in [2.24, 2.45) is 0 Å². The van der Waals surface area contributed by atoms with Gasteiger partial charge in [0.05, 0.1) is 17.0 Å². The molecule has 1 aliphatic heterocycles. The number of halogens is 2. The molecule has 0 aromatic carbocycles. The molecule has 2 atom stereocenters. The van der Waals surface area contributed by atoms with Gasteiger partial charge in [-0.2, -0.15) is 5.26 Å². The maximum atomic E-state index is 8.65. The summed E-state index contributed by atoms with van der Waals surface area (Å²) in [5.74, 6) is 0. The Morgan fingerprint density at radius 3 is 2.82 bits per heavy atom. The Hall–Kier alpha value is -0.230. The summed E-state index contributed by atoms with van der Waals surface area (Å²) in [7, 11) is 0. The summed E-state index contributed by atoms with van der Waals surface area (Å²) < 4.78 is 0. The Bertz CT molecular complexity index is 229. The number of hydrogen-bond donors (Lipinski definition) is 1. The monoisotopic (exact) mass is 190 g/mol. The van der Waals surface area contributed by atoms with Gasteiger partial charge in [0, 0.05) is 17.6 Å². The Labute approximate surface area is 75.8 Å². The summed E-state index contributed by atoms with van der Waals surface area (Å²) >= 11 is 11.7. The molecular formula is C7H8Cl2N2. The van der Waals surface area contributed by atoms with E-state index < -0.39 is 0 Å². The average Bonchev–Trinajstić information content (AvgIpc) is 1.99. The van der Waals surface area contributed by atoms with Crippen LogP contribution in [0.5, 0.6) is 0 Å². The molecule has 0 amide bonds. The van der Waals surface area contributed by atoms with Crippen LogP contribution < -0.4 is 5.32 Å². The average molecular weight is 191 g/mol. The molecule has 0 saturated carbocycles. The predicted molar refractivity (Wildman–Crippen MR) is 45.6 cm³/mol. The lowest BCUT2D eigenvalue weighted by Gasteiger charge is -2.24. The van der Waals surface area contributed by atoms with Crippen LogP contribution in [0.2, 0.25) is 0 Å². The van der Waals surface area contributed by atoms with Crippen LogP contribution in [0.4, 0.5) is 0 Å². The summed E-state index contributed by atoms with van der Waals surface area (Å²) in [6.45, 7) is 2.48. The molecule has 1 aliphatic rings. The standard InChI is InChI=1S/C7H8Cl2N2/c1-4-7(9)5(2-10)6(8)3-11-4/h4,7,11H,3H2,1H3. The van der Waals surface area contributed by atoms with E-state index in [0.29, 0.717) is 17.2 Å². The second-order valence-corrected chi connectivity index (χ2v) is 3.43. The zero-order chi connectivity index (χ0) is 8.43. The van der Waals surface area contributed by atoms with Gasteiger partial charge < -0.3 is 5.32 Å². The highest BCUT2D eigenvalue weighted by molar-refractivity contribution is 6.32. The van der Waals surface area contributed by atoms with E-state index in [1.165, 1.54) is 0 Å². The van der Waals surface area contributed by atoms with Crippen LogP contribution in [0, 0.1) is 11.3 Å². The quantitative estimate of drug-likeness (QED) is 0.590. The van der Waals surface area contributed by atoms with Crippen LogP contribution >= 0.6 is 23.2 Å². The number of nitrogens with one attached hydrogen (secondary N) is 1. The van der Waals surface area contributed by atoms with Gasteiger partial charge in [0.25, 0.3) is 0 Å². The van der Waals surface area contributed by atoms with Crippen LogP contribution in [0.15, 0.2) is 10.6 Å². The van der Waals surface area contributed by atoms with E-state index in [4.69, 9.17) is 28.5 Å². The van der Waals surface area contributed by atoms with Gasteiger partial charge in [-0.15, -0.1) is 11.6 Å². The molecule has 1 N–H and O–H groups in total. The Morgan fingerprint density at radius 2 is 2.36 bits per heavy atom. The van der Waals surface area contributed by atoms with E-state index in [9.17, 15) is 0 Å². The third kappa shape index (κ3) is 1.67. The highest BCUT2D eigenvalue weighted by Crippen LogP contribution is 2.23. The first-order chi connectivity index (χ1) is 5.16. The molecule has 1 rings (SSSR count). The summed E-state index contributed by atoms with van der Waals surface area (Å²) in [5.41, 5.74) is 0.500. The smallest absolute Gasteiger partial charge is 0.0976 e. The number of nitrogens with zero attached hydrogens (tertiary/aromatic N) is 1. The van der Waals surface area contributed by atoms with E-state index in [0.717, 1.165) is 0 Å². The lowest BCUT2D eigenvalue weighted by atomic mass is 10.0. The molecule has 0 fully saturated rings. The first-order valence-corrected chi connectivity index (χ1v) is 4.14. The minimum Gasteiger partial charge on any atom is -0.307 e. The van der Waals surface area contributed by atoms with E-state index in [1.807, 2.05) is 13.0 Å². The minimum absolute atomic E-state index is 0.119. The molecule has 11 heavy (non-hydrogen) atoms. The molecule has 0 spiro atoms. The number of rotatable bonds is 0. The van der Waals surface area contributed by atoms with E-state index >= 15 is 0 Å². The van der Waals surface area contributed by atoms with Gasteiger partial charge in [0.1, 0.15) is 0 Å². The van der Waals surface area contributed by atoms with E-state index in [1.54, 1.807) is 0 Å². The van der Waals surface area contributed by atoms with Crippen LogP contribution in [-0.4, -0.2) is 18.0 Å². The maximum Gasteiger partial charge on any atom is 0.0976 e. The van der Waals surface area contributed by atoms with Crippen molar-refractivity contribution in [2.45, 2.75) is 18.3 Å². The molecule has 2 nitrogen and oxygen atoms in total. The van der Waals surface area contributed by atoms with Crippen LogP contribution in [0.25, 0.3) is 0 Å². The largest absolute Gasteiger partial charge is 0.307 e. The van der Waals surface area contributed by atoms with Gasteiger partial charge in [-0.1, -0.05) is 11.6 Å².